The molecule has 0 saturated carbocycles. The van der Waals surface area contributed by atoms with E-state index in [0.717, 1.165) is 42.9 Å². The monoisotopic (exact) mass is 438 g/mol. The summed E-state index contributed by atoms with van der Waals surface area (Å²) in [5.41, 5.74) is 1.75. The summed E-state index contributed by atoms with van der Waals surface area (Å²) in [4.78, 5) is 34.0. The molecule has 2 aliphatic rings. The SMILES string of the molecule is O=C(NCc1ccc(N2CCCCC2)nc1)C1CCCN(C(=O)Cc2ccc(F)cc2)C1. The van der Waals surface area contributed by atoms with Crippen LogP contribution in [0, 0.1) is 11.7 Å². The summed E-state index contributed by atoms with van der Waals surface area (Å²) in [6.07, 6.45) is 7.36. The zero-order chi connectivity index (χ0) is 22.3. The number of anilines is 1. The zero-order valence-electron chi connectivity index (χ0n) is 18.4. The summed E-state index contributed by atoms with van der Waals surface area (Å²) in [5.74, 6) is 0.437. The van der Waals surface area contributed by atoms with Gasteiger partial charge < -0.3 is 15.1 Å². The molecule has 0 bridgehead atoms. The molecule has 1 unspecified atom stereocenters. The molecule has 32 heavy (non-hydrogen) atoms. The van der Waals surface area contributed by atoms with Crippen molar-refractivity contribution >= 4 is 17.6 Å². The van der Waals surface area contributed by atoms with Crippen molar-refractivity contribution in [1.82, 2.24) is 15.2 Å². The minimum Gasteiger partial charge on any atom is -0.357 e. The Hall–Kier alpha value is -2.96. The minimum atomic E-state index is -0.313. The smallest absolute Gasteiger partial charge is 0.227 e. The third kappa shape index (κ3) is 5.84. The number of benzene rings is 1. The first kappa shape index (κ1) is 22.2. The van der Waals surface area contributed by atoms with Gasteiger partial charge in [0.05, 0.1) is 12.3 Å². The highest BCUT2D eigenvalue weighted by Gasteiger charge is 2.28. The maximum Gasteiger partial charge on any atom is 0.227 e. The van der Waals surface area contributed by atoms with Crippen LogP contribution in [0.15, 0.2) is 42.6 Å². The van der Waals surface area contributed by atoms with Gasteiger partial charge in [0.1, 0.15) is 11.6 Å². The number of nitrogens with zero attached hydrogens (tertiary/aromatic N) is 3. The Bertz CT molecular complexity index is 911. The lowest BCUT2D eigenvalue weighted by Crippen LogP contribution is -2.45. The number of amides is 2. The minimum absolute atomic E-state index is 0.0217. The third-order valence-electron chi connectivity index (χ3n) is 6.37. The molecule has 1 aromatic carbocycles. The molecule has 2 saturated heterocycles. The van der Waals surface area contributed by atoms with E-state index in [2.05, 4.69) is 15.2 Å². The van der Waals surface area contributed by atoms with Crippen LogP contribution in [0.4, 0.5) is 10.2 Å². The van der Waals surface area contributed by atoms with E-state index in [0.29, 0.717) is 19.6 Å². The van der Waals surface area contributed by atoms with Gasteiger partial charge in [-0.05, 0) is 61.4 Å². The lowest BCUT2D eigenvalue weighted by atomic mass is 9.96. The average Bonchev–Trinajstić information content (AvgIpc) is 2.85. The van der Waals surface area contributed by atoms with Gasteiger partial charge in [0.25, 0.3) is 0 Å². The van der Waals surface area contributed by atoms with Crippen LogP contribution in [0.1, 0.15) is 43.2 Å². The molecule has 2 aromatic rings. The van der Waals surface area contributed by atoms with Crippen molar-refractivity contribution in [3.8, 4) is 0 Å². The van der Waals surface area contributed by atoms with Gasteiger partial charge in [-0.2, -0.15) is 0 Å². The van der Waals surface area contributed by atoms with E-state index in [-0.39, 0.29) is 30.0 Å². The van der Waals surface area contributed by atoms with Gasteiger partial charge in [0, 0.05) is 38.9 Å². The van der Waals surface area contributed by atoms with E-state index in [1.807, 2.05) is 18.3 Å². The topological polar surface area (TPSA) is 65.5 Å². The van der Waals surface area contributed by atoms with Crippen molar-refractivity contribution < 1.29 is 14.0 Å². The zero-order valence-corrected chi connectivity index (χ0v) is 18.4. The van der Waals surface area contributed by atoms with Gasteiger partial charge in [0.15, 0.2) is 0 Å². The summed E-state index contributed by atoms with van der Waals surface area (Å²) in [7, 11) is 0. The summed E-state index contributed by atoms with van der Waals surface area (Å²) in [5, 5.41) is 3.01. The van der Waals surface area contributed by atoms with Crippen molar-refractivity contribution in [3.05, 3.63) is 59.5 Å². The first-order valence-corrected chi connectivity index (χ1v) is 11.6. The molecule has 6 nitrogen and oxygen atoms in total. The van der Waals surface area contributed by atoms with Gasteiger partial charge in [-0.1, -0.05) is 18.2 Å². The van der Waals surface area contributed by atoms with Crippen LogP contribution in [0.5, 0.6) is 0 Å². The number of pyridine rings is 1. The summed E-state index contributed by atoms with van der Waals surface area (Å²) < 4.78 is 13.1. The number of likely N-dealkylation sites (tertiary alicyclic amines) is 1. The molecule has 1 aromatic heterocycles. The van der Waals surface area contributed by atoms with Crippen LogP contribution in [0.3, 0.4) is 0 Å². The van der Waals surface area contributed by atoms with Crippen molar-refractivity contribution in [2.24, 2.45) is 5.92 Å². The first-order chi connectivity index (χ1) is 15.6. The first-order valence-electron chi connectivity index (χ1n) is 11.6. The molecule has 0 aliphatic carbocycles. The molecule has 3 heterocycles. The predicted octanol–water partition coefficient (Wildman–Crippen LogP) is 3.31. The Kier molecular flexibility index (Phi) is 7.35. The van der Waals surface area contributed by atoms with E-state index >= 15 is 0 Å². The molecule has 0 spiro atoms. The largest absolute Gasteiger partial charge is 0.357 e. The van der Waals surface area contributed by atoms with Crippen LogP contribution in [0.2, 0.25) is 0 Å². The standard InChI is InChI=1S/C25H31FN4O2/c26-22-9-6-19(7-10-22)15-24(31)30-14-4-5-21(18-30)25(32)28-17-20-8-11-23(27-16-20)29-12-2-1-3-13-29/h6-11,16,21H,1-5,12-15,17-18H2,(H,28,32). The number of aromatic nitrogens is 1. The van der Waals surface area contributed by atoms with E-state index in [1.54, 1.807) is 17.0 Å². The van der Waals surface area contributed by atoms with Crippen molar-refractivity contribution in [3.63, 3.8) is 0 Å². The molecule has 170 valence electrons. The number of carbonyl (C=O) groups is 2. The Morgan fingerprint density at radius 1 is 0.969 bits per heavy atom. The molecule has 2 aliphatic heterocycles. The fraction of sp³-hybridized carbons (Fsp3) is 0.480. The van der Waals surface area contributed by atoms with Crippen molar-refractivity contribution in [1.29, 1.82) is 0 Å². The molecule has 4 rings (SSSR count). The van der Waals surface area contributed by atoms with Gasteiger partial charge in [-0.3, -0.25) is 9.59 Å². The van der Waals surface area contributed by atoms with E-state index < -0.39 is 0 Å². The number of rotatable bonds is 6. The number of piperidine rings is 2. The third-order valence-corrected chi connectivity index (χ3v) is 6.37. The molecule has 1 N–H and O–H groups in total. The second-order valence-electron chi connectivity index (χ2n) is 8.77. The number of hydrogen-bond donors (Lipinski definition) is 1. The van der Waals surface area contributed by atoms with Crippen LogP contribution < -0.4 is 10.2 Å². The highest BCUT2D eigenvalue weighted by molar-refractivity contribution is 5.82. The average molecular weight is 439 g/mol. The quantitative estimate of drug-likeness (QED) is 0.752. The highest BCUT2D eigenvalue weighted by atomic mass is 19.1. The fourth-order valence-corrected chi connectivity index (χ4v) is 4.47. The summed E-state index contributed by atoms with van der Waals surface area (Å²) in [6.45, 7) is 3.64. The number of nitrogens with one attached hydrogen (secondary N) is 1. The molecule has 1 atom stereocenters. The second kappa shape index (κ2) is 10.6. The lowest BCUT2D eigenvalue weighted by molar-refractivity contribution is -0.135. The van der Waals surface area contributed by atoms with Gasteiger partial charge in [-0.25, -0.2) is 9.37 Å². The molecule has 2 amide bonds. The highest BCUT2D eigenvalue weighted by Crippen LogP contribution is 2.19. The van der Waals surface area contributed by atoms with E-state index in [9.17, 15) is 14.0 Å². The Balaban J connectivity index is 1.25. The van der Waals surface area contributed by atoms with Gasteiger partial charge in [0.2, 0.25) is 11.8 Å². The van der Waals surface area contributed by atoms with Crippen LogP contribution >= 0.6 is 0 Å². The predicted molar refractivity (Wildman–Crippen MR) is 122 cm³/mol. The van der Waals surface area contributed by atoms with Crippen LogP contribution in [0.25, 0.3) is 0 Å². The number of hydrogen-bond acceptors (Lipinski definition) is 4. The van der Waals surface area contributed by atoms with Crippen LogP contribution in [-0.2, 0) is 22.6 Å². The lowest BCUT2D eigenvalue weighted by Gasteiger charge is -2.32. The van der Waals surface area contributed by atoms with Gasteiger partial charge in [-0.15, -0.1) is 0 Å². The molecule has 0 radical (unpaired) electrons. The summed E-state index contributed by atoms with van der Waals surface area (Å²) >= 11 is 0. The fourth-order valence-electron chi connectivity index (χ4n) is 4.47. The number of carbonyl (C=O) groups excluding carboxylic acids is 2. The number of halogens is 1. The van der Waals surface area contributed by atoms with Crippen molar-refractivity contribution in [2.45, 2.75) is 45.1 Å². The Morgan fingerprint density at radius 3 is 2.44 bits per heavy atom. The molecular weight excluding hydrogens is 407 g/mol. The van der Waals surface area contributed by atoms with Crippen molar-refractivity contribution in [2.75, 3.05) is 31.1 Å². The Morgan fingerprint density at radius 2 is 1.72 bits per heavy atom. The van der Waals surface area contributed by atoms with E-state index in [1.165, 1.54) is 31.4 Å². The Labute approximate surface area is 188 Å². The molecular formula is C25H31FN4O2. The normalized spacial score (nSPS) is 19.0. The maximum absolute atomic E-state index is 13.1. The molecule has 2 fully saturated rings. The maximum atomic E-state index is 13.1. The summed E-state index contributed by atoms with van der Waals surface area (Å²) in [6, 6.07) is 10.0. The van der Waals surface area contributed by atoms with Crippen LogP contribution in [-0.4, -0.2) is 47.9 Å². The second-order valence-corrected chi connectivity index (χ2v) is 8.77. The van der Waals surface area contributed by atoms with Gasteiger partial charge >= 0.3 is 0 Å². The molecule has 7 heteroatoms. The van der Waals surface area contributed by atoms with E-state index in [4.69, 9.17) is 0 Å².